The fourth-order valence-corrected chi connectivity index (χ4v) is 11.0. The van der Waals surface area contributed by atoms with Crippen molar-refractivity contribution in [3.8, 4) is 50.2 Å². The Bertz CT molecular complexity index is 3380. The van der Waals surface area contributed by atoms with Crippen LogP contribution >= 0.6 is 0 Å². The highest BCUT2D eigenvalue weighted by Crippen LogP contribution is 2.55. The molecule has 2 nitrogen and oxygen atoms in total. The molecule has 1 aromatic heterocycles. The highest BCUT2D eigenvalue weighted by molar-refractivity contribution is 6.14. The molecule has 0 amide bonds. The van der Waals surface area contributed by atoms with Gasteiger partial charge in [0, 0.05) is 49.8 Å². The molecule has 0 spiro atoms. The predicted molar refractivity (Wildman–Crippen MR) is 261 cm³/mol. The first-order valence-corrected chi connectivity index (χ1v) is 21.9. The Morgan fingerprint density at radius 3 is 1.50 bits per heavy atom. The Hall–Kier alpha value is -7.42. The van der Waals surface area contributed by atoms with Crippen LogP contribution < -0.4 is 4.90 Å². The molecule has 12 rings (SSSR count). The van der Waals surface area contributed by atoms with Gasteiger partial charge in [-0.1, -0.05) is 185 Å². The van der Waals surface area contributed by atoms with E-state index in [9.17, 15) is 0 Å². The molecule has 2 aliphatic rings. The van der Waals surface area contributed by atoms with E-state index < -0.39 is 0 Å². The highest BCUT2D eigenvalue weighted by atomic mass is 15.1. The lowest BCUT2D eigenvalue weighted by molar-refractivity contribution is 0.660. The standard InChI is InChI=1S/C60H46N2/c1-59(2)50-25-11-8-20-48(50)56-44(22-15-27-52(56)59)39-31-35-42(36-32-39)61(55-30-16-28-53-57(55)49-21-9-12-26-51(49)60(53,3)4)43-37-33-40(34-38-43)45-23-14-24-47-46-19-10-13-29-54(46)62(58(45)47)41-17-6-5-7-18-41/h5-38H,1-4H3. The minimum absolute atomic E-state index is 0.0494. The highest BCUT2D eigenvalue weighted by Gasteiger charge is 2.38. The van der Waals surface area contributed by atoms with E-state index in [1.807, 2.05) is 0 Å². The zero-order valence-corrected chi connectivity index (χ0v) is 35.5. The van der Waals surface area contributed by atoms with Crippen LogP contribution in [0.2, 0.25) is 0 Å². The SMILES string of the molecule is CC1(C)c2ccccc2-c2c(-c3ccc(N(c4ccc(-c5cccc6c7ccccc7n(-c7ccccc7)c56)cc4)c4cccc5c4-c4ccccc4C5(C)C)cc3)cccc21. The minimum atomic E-state index is -0.116. The first-order chi connectivity index (χ1) is 30.3. The van der Waals surface area contributed by atoms with E-state index in [1.165, 1.54) is 94.3 Å². The summed E-state index contributed by atoms with van der Waals surface area (Å²) in [6, 6.07) is 76.4. The first-order valence-electron chi connectivity index (χ1n) is 21.9. The van der Waals surface area contributed by atoms with Crippen molar-refractivity contribution in [2.24, 2.45) is 0 Å². The van der Waals surface area contributed by atoms with Crippen molar-refractivity contribution in [1.82, 2.24) is 4.57 Å². The molecule has 0 saturated heterocycles. The summed E-state index contributed by atoms with van der Waals surface area (Å²) < 4.78 is 2.43. The second-order valence-electron chi connectivity index (χ2n) is 18.1. The third-order valence-electron chi connectivity index (χ3n) is 14.0. The van der Waals surface area contributed by atoms with Gasteiger partial charge in [-0.2, -0.15) is 0 Å². The summed E-state index contributed by atoms with van der Waals surface area (Å²) in [5.74, 6) is 0. The van der Waals surface area contributed by atoms with E-state index in [-0.39, 0.29) is 10.8 Å². The fraction of sp³-hybridized carbons (Fsp3) is 0.100. The van der Waals surface area contributed by atoms with Gasteiger partial charge in [0.15, 0.2) is 0 Å². The molecule has 2 heteroatoms. The largest absolute Gasteiger partial charge is 0.310 e. The molecule has 0 fully saturated rings. The molecule has 0 bridgehead atoms. The van der Waals surface area contributed by atoms with E-state index in [4.69, 9.17) is 0 Å². The van der Waals surface area contributed by atoms with Gasteiger partial charge in [-0.3, -0.25) is 0 Å². The van der Waals surface area contributed by atoms with E-state index in [0.717, 1.165) is 17.1 Å². The van der Waals surface area contributed by atoms with Crippen molar-refractivity contribution >= 4 is 38.9 Å². The van der Waals surface area contributed by atoms with E-state index in [1.54, 1.807) is 0 Å². The first kappa shape index (κ1) is 36.4. The van der Waals surface area contributed by atoms with Crippen molar-refractivity contribution in [3.63, 3.8) is 0 Å². The third-order valence-corrected chi connectivity index (χ3v) is 14.0. The van der Waals surface area contributed by atoms with Gasteiger partial charge in [0.05, 0.1) is 16.7 Å². The molecule has 0 aliphatic heterocycles. The van der Waals surface area contributed by atoms with Crippen LogP contribution in [0, 0.1) is 0 Å². The quantitative estimate of drug-likeness (QED) is 0.163. The van der Waals surface area contributed by atoms with E-state index in [2.05, 4.69) is 243 Å². The number of hydrogen-bond acceptors (Lipinski definition) is 1. The molecular formula is C60H46N2. The monoisotopic (exact) mass is 794 g/mol. The van der Waals surface area contributed by atoms with Crippen molar-refractivity contribution in [2.75, 3.05) is 4.90 Å². The lowest BCUT2D eigenvalue weighted by Gasteiger charge is -2.29. The van der Waals surface area contributed by atoms with Gasteiger partial charge in [0.2, 0.25) is 0 Å². The summed E-state index contributed by atoms with van der Waals surface area (Å²) in [6.45, 7) is 9.44. The number of nitrogens with zero attached hydrogens (tertiary/aromatic N) is 2. The smallest absolute Gasteiger partial charge is 0.0619 e. The number of aromatic nitrogens is 1. The number of hydrogen-bond donors (Lipinski definition) is 0. The maximum Gasteiger partial charge on any atom is 0.0619 e. The molecule has 0 unspecified atom stereocenters. The van der Waals surface area contributed by atoms with Crippen molar-refractivity contribution < 1.29 is 0 Å². The van der Waals surface area contributed by atoms with Crippen LogP contribution in [-0.4, -0.2) is 4.57 Å². The van der Waals surface area contributed by atoms with Gasteiger partial charge in [-0.05, 0) is 104 Å². The summed E-state index contributed by atoms with van der Waals surface area (Å²) in [7, 11) is 0. The average Bonchev–Trinajstić information content (AvgIpc) is 3.87. The Kier molecular flexibility index (Phi) is 7.96. The summed E-state index contributed by atoms with van der Waals surface area (Å²) in [5.41, 5.74) is 22.6. The van der Waals surface area contributed by atoms with Crippen LogP contribution in [-0.2, 0) is 10.8 Å². The second kappa shape index (κ2) is 13.5. The van der Waals surface area contributed by atoms with Crippen molar-refractivity contribution in [1.29, 1.82) is 0 Å². The Labute approximate surface area is 364 Å². The van der Waals surface area contributed by atoms with Gasteiger partial charge < -0.3 is 9.47 Å². The molecule has 0 N–H and O–H groups in total. The molecule has 2 aliphatic carbocycles. The lowest BCUT2D eigenvalue weighted by Crippen LogP contribution is -2.16. The Morgan fingerprint density at radius 1 is 0.355 bits per heavy atom. The molecule has 0 atom stereocenters. The Balaban J connectivity index is 1.02. The topological polar surface area (TPSA) is 8.17 Å². The van der Waals surface area contributed by atoms with Crippen LogP contribution in [0.25, 0.3) is 72.0 Å². The van der Waals surface area contributed by atoms with Gasteiger partial charge in [0.25, 0.3) is 0 Å². The normalized spacial score (nSPS) is 14.1. The second-order valence-corrected chi connectivity index (χ2v) is 18.1. The molecular weight excluding hydrogens is 749 g/mol. The molecule has 62 heavy (non-hydrogen) atoms. The number of rotatable bonds is 6. The molecule has 9 aromatic carbocycles. The molecule has 0 radical (unpaired) electrons. The predicted octanol–water partition coefficient (Wildman–Crippen LogP) is 16.2. The summed E-state index contributed by atoms with van der Waals surface area (Å²) in [6.07, 6.45) is 0. The zero-order valence-electron chi connectivity index (χ0n) is 35.5. The van der Waals surface area contributed by atoms with Gasteiger partial charge >= 0.3 is 0 Å². The molecule has 296 valence electrons. The lowest BCUT2D eigenvalue weighted by atomic mass is 9.82. The van der Waals surface area contributed by atoms with Crippen LogP contribution in [0.15, 0.2) is 206 Å². The van der Waals surface area contributed by atoms with Crippen molar-refractivity contribution in [2.45, 2.75) is 38.5 Å². The van der Waals surface area contributed by atoms with Crippen molar-refractivity contribution in [3.05, 3.63) is 229 Å². The fourth-order valence-electron chi connectivity index (χ4n) is 11.0. The average molecular weight is 795 g/mol. The summed E-state index contributed by atoms with van der Waals surface area (Å²) in [5, 5.41) is 2.51. The molecule has 1 heterocycles. The van der Waals surface area contributed by atoms with Gasteiger partial charge in [0.1, 0.15) is 0 Å². The van der Waals surface area contributed by atoms with Gasteiger partial charge in [-0.25, -0.2) is 0 Å². The maximum atomic E-state index is 2.47. The molecule has 10 aromatic rings. The van der Waals surface area contributed by atoms with E-state index >= 15 is 0 Å². The number of anilines is 3. The zero-order chi connectivity index (χ0) is 41.7. The minimum Gasteiger partial charge on any atom is -0.310 e. The summed E-state index contributed by atoms with van der Waals surface area (Å²) in [4.78, 5) is 2.47. The Morgan fingerprint density at radius 2 is 0.823 bits per heavy atom. The van der Waals surface area contributed by atoms with Crippen LogP contribution in [0.5, 0.6) is 0 Å². The number of fused-ring (bicyclic) bond motifs is 9. The number of para-hydroxylation sites is 3. The van der Waals surface area contributed by atoms with Crippen LogP contribution in [0.1, 0.15) is 49.9 Å². The summed E-state index contributed by atoms with van der Waals surface area (Å²) >= 11 is 0. The van der Waals surface area contributed by atoms with E-state index in [0.29, 0.717) is 0 Å². The van der Waals surface area contributed by atoms with Crippen LogP contribution in [0.3, 0.4) is 0 Å². The third kappa shape index (κ3) is 5.23. The molecule has 0 saturated carbocycles. The number of benzene rings is 9. The van der Waals surface area contributed by atoms with Crippen LogP contribution in [0.4, 0.5) is 17.1 Å². The van der Waals surface area contributed by atoms with Gasteiger partial charge in [-0.15, -0.1) is 0 Å². The maximum absolute atomic E-state index is 2.47.